The van der Waals surface area contributed by atoms with Crippen molar-refractivity contribution in [1.82, 2.24) is 4.90 Å². The molecule has 1 saturated heterocycles. The molecule has 0 aromatic carbocycles. The molecule has 0 bridgehead atoms. The molecule has 22 heavy (non-hydrogen) atoms. The van der Waals surface area contributed by atoms with E-state index in [0.717, 1.165) is 32.1 Å². The fourth-order valence-corrected chi connectivity index (χ4v) is 3.90. The maximum Gasteiger partial charge on any atom is 0.419 e. The molecule has 0 spiro atoms. The standard InChI is InChI=1S/C16H25F3N2O/c1-3-14(9-10-20)7-5-13(6-8-14)21-11-15(12-21,22-4-2)16(17,18)19/h13H,3-9,11-12H2,1-2H3. The zero-order valence-electron chi connectivity index (χ0n) is 13.4. The largest absolute Gasteiger partial charge is 0.419 e. The van der Waals surface area contributed by atoms with Crippen LogP contribution in [-0.4, -0.2) is 42.4 Å². The summed E-state index contributed by atoms with van der Waals surface area (Å²) in [5.41, 5.74) is -1.88. The van der Waals surface area contributed by atoms with Gasteiger partial charge in [-0.15, -0.1) is 0 Å². The molecule has 0 N–H and O–H groups in total. The third-order valence-electron chi connectivity index (χ3n) is 5.59. The van der Waals surface area contributed by atoms with Gasteiger partial charge in [0, 0.05) is 32.2 Å². The second-order valence-electron chi connectivity index (χ2n) is 6.75. The van der Waals surface area contributed by atoms with E-state index in [9.17, 15) is 13.2 Å². The Morgan fingerprint density at radius 3 is 2.23 bits per heavy atom. The molecule has 3 nitrogen and oxygen atoms in total. The van der Waals surface area contributed by atoms with Crippen molar-refractivity contribution in [2.75, 3.05) is 19.7 Å². The van der Waals surface area contributed by atoms with Crippen LogP contribution in [0.15, 0.2) is 0 Å². The first-order valence-corrected chi connectivity index (χ1v) is 8.13. The molecule has 1 heterocycles. The van der Waals surface area contributed by atoms with E-state index in [0.29, 0.717) is 6.42 Å². The van der Waals surface area contributed by atoms with Gasteiger partial charge in [-0.25, -0.2) is 0 Å². The Balaban J connectivity index is 1.91. The van der Waals surface area contributed by atoms with Crippen LogP contribution in [-0.2, 0) is 4.74 Å². The Bertz CT molecular complexity index is 416. The quantitative estimate of drug-likeness (QED) is 0.771. The van der Waals surface area contributed by atoms with E-state index < -0.39 is 11.8 Å². The van der Waals surface area contributed by atoms with Crippen molar-refractivity contribution in [2.45, 2.75) is 70.2 Å². The zero-order chi connectivity index (χ0) is 16.4. The van der Waals surface area contributed by atoms with Crippen LogP contribution in [0.3, 0.4) is 0 Å². The number of alkyl halides is 3. The van der Waals surface area contributed by atoms with Gasteiger partial charge in [0.2, 0.25) is 0 Å². The number of nitriles is 1. The number of ether oxygens (including phenoxy) is 1. The second kappa shape index (κ2) is 6.37. The van der Waals surface area contributed by atoms with E-state index in [-0.39, 0.29) is 31.2 Å². The highest BCUT2D eigenvalue weighted by Gasteiger charge is 2.63. The summed E-state index contributed by atoms with van der Waals surface area (Å²) in [4.78, 5) is 1.91. The van der Waals surface area contributed by atoms with Crippen LogP contribution in [0.4, 0.5) is 13.2 Å². The maximum absolute atomic E-state index is 13.2. The van der Waals surface area contributed by atoms with E-state index in [1.54, 1.807) is 6.92 Å². The van der Waals surface area contributed by atoms with Gasteiger partial charge in [0.1, 0.15) is 0 Å². The highest BCUT2D eigenvalue weighted by Crippen LogP contribution is 2.47. The van der Waals surface area contributed by atoms with Crippen molar-refractivity contribution < 1.29 is 17.9 Å². The molecule has 1 saturated carbocycles. The van der Waals surface area contributed by atoms with Crippen LogP contribution < -0.4 is 0 Å². The molecule has 126 valence electrons. The molecular weight excluding hydrogens is 293 g/mol. The van der Waals surface area contributed by atoms with E-state index in [1.807, 2.05) is 4.90 Å². The van der Waals surface area contributed by atoms with Crippen molar-refractivity contribution in [2.24, 2.45) is 5.41 Å². The Hall–Kier alpha value is -0.800. The predicted molar refractivity (Wildman–Crippen MR) is 77.2 cm³/mol. The first-order valence-electron chi connectivity index (χ1n) is 8.13. The first-order chi connectivity index (χ1) is 10.3. The SMILES string of the molecule is CCOC1(C(F)(F)F)CN(C2CCC(CC)(CC#N)CC2)C1. The van der Waals surface area contributed by atoms with Crippen LogP contribution in [0.25, 0.3) is 0 Å². The summed E-state index contributed by atoms with van der Waals surface area (Å²) in [6.45, 7) is 3.69. The molecule has 0 unspecified atom stereocenters. The van der Waals surface area contributed by atoms with E-state index >= 15 is 0 Å². The van der Waals surface area contributed by atoms with Crippen LogP contribution >= 0.6 is 0 Å². The van der Waals surface area contributed by atoms with Gasteiger partial charge in [0.15, 0.2) is 5.60 Å². The van der Waals surface area contributed by atoms with Gasteiger partial charge >= 0.3 is 6.18 Å². The minimum absolute atomic E-state index is 0.0492. The molecular formula is C16H25F3N2O. The summed E-state index contributed by atoms with van der Waals surface area (Å²) in [7, 11) is 0. The topological polar surface area (TPSA) is 36.3 Å². The zero-order valence-corrected chi connectivity index (χ0v) is 13.4. The maximum atomic E-state index is 13.2. The lowest BCUT2D eigenvalue weighted by Gasteiger charge is -2.54. The summed E-state index contributed by atoms with van der Waals surface area (Å²) in [6, 6.07) is 2.47. The molecule has 2 rings (SSSR count). The van der Waals surface area contributed by atoms with Crippen molar-refractivity contribution >= 4 is 0 Å². The van der Waals surface area contributed by atoms with Gasteiger partial charge in [-0.05, 0) is 44.4 Å². The van der Waals surface area contributed by atoms with Crippen LogP contribution in [0.5, 0.6) is 0 Å². The van der Waals surface area contributed by atoms with Crippen LogP contribution in [0.1, 0.15) is 52.4 Å². The Kier molecular flexibility index (Phi) is 5.08. The third kappa shape index (κ3) is 3.11. The number of nitrogens with zero attached hydrogens (tertiary/aromatic N) is 2. The average Bonchev–Trinajstić information content (AvgIpc) is 2.42. The van der Waals surface area contributed by atoms with Gasteiger partial charge in [-0.3, -0.25) is 4.90 Å². The lowest BCUT2D eigenvalue weighted by molar-refractivity contribution is -0.322. The van der Waals surface area contributed by atoms with Gasteiger partial charge in [0.25, 0.3) is 0 Å². The number of hydrogen-bond acceptors (Lipinski definition) is 3. The molecule has 0 atom stereocenters. The van der Waals surface area contributed by atoms with Crippen LogP contribution in [0, 0.1) is 16.7 Å². The predicted octanol–water partition coefficient (Wildman–Crippen LogP) is 3.89. The van der Waals surface area contributed by atoms with Crippen molar-refractivity contribution in [3.63, 3.8) is 0 Å². The monoisotopic (exact) mass is 318 g/mol. The number of hydrogen-bond donors (Lipinski definition) is 0. The molecule has 0 aromatic rings. The Morgan fingerprint density at radius 2 is 1.82 bits per heavy atom. The van der Waals surface area contributed by atoms with Crippen molar-refractivity contribution in [1.29, 1.82) is 5.26 Å². The minimum atomic E-state index is -4.30. The summed E-state index contributed by atoms with van der Waals surface area (Å²) in [6.07, 6.45) is 0.867. The van der Waals surface area contributed by atoms with Crippen molar-refractivity contribution in [3.05, 3.63) is 0 Å². The van der Waals surface area contributed by atoms with Gasteiger partial charge < -0.3 is 4.74 Å². The molecule has 2 fully saturated rings. The lowest BCUT2D eigenvalue weighted by Crippen LogP contribution is -2.72. The smallest absolute Gasteiger partial charge is 0.363 e. The highest BCUT2D eigenvalue weighted by atomic mass is 19.4. The van der Waals surface area contributed by atoms with E-state index in [4.69, 9.17) is 10.00 Å². The van der Waals surface area contributed by atoms with E-state index in [1.165, 1.54) is 0 Å². The highest BCUT2D eigenvalue weighted by molar-refractivity contribution is 5.06. The fraction of sp³-hybridized carbons (Fsp3) is 0.938. The molecule has 2 aliphatic rings. The minimum Gasteiger partial charge on any atom is -0.363 e. The lowest BCUT2D eigenvalue weighted by atomic mass is 9.68. The first kappa shape index (κ1) is 17.6. The van der Waals surface area contributed by atoms with E-state index in [2.05, 4.69) is 13.0 Å². The third-order valence-corrected chi connectivity index (χ3v) is 5.59. The summed E-state index contributed by atoms with van der Waals surface area (Å²) in [5, 5.41) is 8.96. The average molecular weight is 318 g/mol. The molecule has 6 heteroatoms. The number of halogens is 3. The molecule has 0 amide bonds. The summed E-state index contributed by atoms with van der Waals surface area (Å²) >= 11 is 0. The summed E-state index contributed by atoms with van der Waals surface area (Å²) in [5.74, 6) is 0. The molecule has 1 aliphatic carbocycles. The molecule has 1 aliphatic heterocycles. The van der Waals surface area contributed by atoms with Crippen LogP contribution in [0.2, 0.25) is 0 Å². The van der Waals surface area contributed by atoms with Gasteiger partial charge in [-0.2, -0.15) is 18.4 Å². The number of rotatable bonds is 5. The second-order valence-corrected chi connectivity index (χ2v) is 6.75. The van der Waals surface area contributed by atoms with Gasteiger partial charge in [-0.1, -0.05) is 6.92 Å². The molecule has 0 radical (unpaired) electrons. The van der Waals surface area contributed by atoms with Crippen molar-refractivity contribution in [3.8, 4) is 6.07 Å². The summed E-state index contributed by atoms with van der Waals surface area (Å²) < 4.78 is 44.6. The fourth-order valence-electron chi connectivity index (χ4n) is 3.90. The number of likely N-dealkylation sites (tertiary alicyclic amines) is 1. The molecule has 0 aromatic heterocycles. The Morgan fingerprint density at radius 1 is 1.23 bits per heavy atom. The normalized spacial score (nSPS) is 32.3. The Labute approximate surface area is 130 Å². The van der Waals surface area contributed by atoms with Gasteiger partial charge in [0.05, 0.1) is 6.07 Å².